The number of aromatic hydroxyl groups is 1. The van der Waals surface area contributed by atoms with Crippen LogP contribution in [0.2, 0.25) is 0 Å². The summed E-state index contributed by atoms with van der Waals surface area (Å²) in [7, 11) is 0. The predicted octanol–water partition coefficient (Wildman–Crippen LogP) is 3.09. The summed E-state index contributed by atoms with van der Waals surface area (Å²) in [5.41, 5.74) is 0.982. The van der Waals surface area contributed by atoms with Crippen molar-refractivity contribution in [3.63, 3.8) is 0 Å². The van der Waals surface area contributed by atoms with Crippen LogP contribution in [-0.4, -0.2) is 10.1 Å². The first-order valence-corrected chi connectivity index (χ1v) is 4.81. The van der Waals surface area contributed by atoms with Crippen LogP contribution >= 0.6 is 0 Å². The molecule has 0 fully saturated rings. The number of pyridine rings is 1. The molecule has 0 saturated carbocycles. The van der Waals surface area contributed by atoms with Gasteiger partial charge in [-0.1, -0.05) is 18.2 Å². The van der Waals surface area contributed by atoms with Crippen molar-refractivity contribution in [2.45, 2.75) is 0 Å². The number of nitrogens with zero attached hydrogens (tertiary/aromatic N) is 1. The fraction of sp³-hybridized carbons (Fsp3) is 0. The standard InChI is InChI=1S/C13H9NO.Zn/c15-10-4-5-11-9(8-10)3-6-13-12(11)2-1-7-14-13;/h1-8,15H;. The second kappa shape index (κ2) is 4.19. The summed E-state index contributed by atoms with van der Waals surface area (Å²) in [4.78, 5) is 4.29. The molecule has 0 aliphatic rings. The van der Waals surface area contributed by atoms with E-state index >= 15 is 0 Å². The van der Waals surface area contributed by atoms with Crippen LogP contribution in [0, 0.1) is 0 Å². The fourth-order valence-corrected chi connectivity index (χ4v) is 1.88. The Balaban J connectivity index is 0.000000963. The van der Waals surface area contributed by atoms with Crippen molar-refractivity contribution in [1.82, 2.24) is 4.98 Å². The van der Waals surface area contributed by atoms with Crippen LogP contribution in [0.25, 0.3) is 21.7 Å². The van der Waals surface area contributed by atoms with E-state index in [0.29, 0.717) is 5.75 Å². The Hall–Kier alpha value is -1.47. The van der Waals surface area contributed by atoms with Crippen LogP contribution in [0.1, 0.15) is 0 Å². The Morgan fingerprint density at radius 2 is 1.81 bits per heavy atom. The van der Waals surface area contributed by atoms with Crippen molar-refractivity contribution in [2.75, 3.05) is 0 Å². The number of hydrogen-bond acceptors (Lipinski definition) is 2. The number of rotatable bonds is 0. The molecule has 0 aliphatic heterocycles. The van der Waals surface area contributed by atoms with Crippen molar-refractivity contribution in [3.05, 3.63) is 48.7 Å². The van der Waals surface area contributed by atoms with Crippen LogP contribution < -0.4 is 0 Å². The van der Waals surface area contributed by atoms with Crippen LogP contribution in [0.3, 0.4) is 0 Å². The van der Waals surface area contributed by atoms with E-state index in [2.05, 4.69) is 4.98 Å². The van der Waals surface area contributed by atoms with E-state index in [1.165, 1.54) is 0 Å². The van der Waals surface area contributed by atoms with E-state index < -0.39 is 0 Å². The second-order valence-electron chi connectivity index (χ2n) is 3.54. The molecule has 0 spiro atoms. The molecule has 3 rings (SSSR count). The summed E-state index contributed by atoms with van der Waals surface area (Å²) < 4.78 is 0. The van der Waals surface area contributed by atoms with E-state index in [9.17, 15) is 5.11 Å². The predicted molar refractivity (Wildman–Crippen MR) is 60.9 cm³/mol. The van der Waals surface area contributed by atoms with Gasteiger partial charge in [-0.05, 0) is 35.0 Å². The van der Waals surface area contributed by atoms with Gasteiger partial charge in [0.1, 0.15) is 5.75 Å². The molecule has 2 nitrogen and oxygen atoms in total. The second-order valence-corrected chi connectivity index (χ2v) is 3.54. The van der Waals surface area contributed by atoms with E-state index in [-0.39, 0.29) is 19.5 Å². The topological polar surface area (TPSA) is 33.1 Å². The van der Waals surface area contributed by atoms with E-state index in [1.54, 1.807) is 18.3 Å². The maximum atomic E-state index is 9.39. The third kappa shape index (κ3) is 1.68. The molecule has 2 aromatic carbocycles. The number of phenolic OH excluding ortho intramolecular Hbond substituents is 1. The number of fused-ring (bicyclic) bond motifs is 3. The van der Waals surface area contributed by atoms with E-state index in [4.69, 9.17) is 0 Å². The van der Waals surface area contributed by atoms with Crippen molar-refractivity contribution in [2.24, 2.45) is 0 Å². The molecular formula is C13H9NOZn. The summed E-state index contributed by atoms with van der Waals surface area (Å²) >= 11 is 0. The van der Waals surface area contributed by atoms with Crippen molar-refractivity contribution < 1.29 is 24.6 Å². The molecule has 0 bridgehead atoms. The van der Waals surface area contributed by atoms with Crippen LogP contribution in [-0.2, 0) is 19.5 Å². The molecule has 0 atom stereocenters. The summed E-state index contributed by atoms with van der Waals surface area (Å²) in [5.74, 6) is 0.297. The van der Waals surface area contributed by atoms with E-state index in [0.717, 1.165) is 21.7 Å². The third-order valence-electron chi connectivity index (χ3n) is 2.58. The summed E-state index contributed by atoms with van der Waals surface area (Å²) in [6.07, 6.45) is 1.79. The van der Waals surface area contributed by atoms with Gasteiger partial charge >= 0.3 is 0 Å². The number of hydrogen-bond donors (Lipinski definition) is 1. The number of phenols is 1. The first-order chi connectivity index (χ1) is 7.34. The first-order valence-electron chi connectivity index (χ1n) is 4.81. The Kier molecular flexibility index (Phi) is 2.89. The van der Waals surface area contributed by atoms with Gasteiger partial charge in [0.15, 0.2) is 0 Å². The van der Waals surface area contributed by atoms with Crippen LogP contribution in [0.15, 0.2) is 48.7 Å². The first kappa shape index (κ1) is 11.0. The molecule has 16 heavy (non-hydrogen) atoms. The van der Waals surface area contributed by atoms with Gasteiger partial charge in [-0.3, -0.25) is 4.98 Å². The van der Waals surface area contributed by atoms with Gasteiger partial charge in [-0.15, -0.1) is 0 Å². The Labute approximate surface area is 106 Å². The van der Waals surface area contributed by atoms with Crippen molar-refractivity contribution in [1.29, 1.82) is 0 Å². The average molecular weight is 261 g/mol. The average Bonchev–Trinajstić information content (AvgIpc) is 2.28. The monoisotopic (exact) mass is 259 g/mol. The van der Waals surface area contributed by atoms with Gasteiger partial charge in [0.25, 0.3) is 0 Å². The Bertz CT molecular complexity index is 652. The Morgan fingerprint density at radius 1 is 0.938 bits per heavy atom. The number of benzene rings is 2. The molecule has 1 heterocycles. The minimum absolute atomic E-state index is 0. The molecule has 0 radical (unpaired) electrons. The molecule has 0 amide bonds. The van der Waals surface area contributed by atoms with Crippen molar-refractivity contribution in [3.8, 4) is 5.75 Å². The Morgan fingerprint density at radius 3 is 2.69 bits per heavy atom. The molecule has 1 N–H and O–H groups in total. The molecule has 0 aliphatic carbocycles. The summed E-state index contributed by atoms with van der Waals surface area (Å²) in [6.45, 7) is 0. The number of aromatic nitrogens is 1. The molecule has 0 saturated heterocycles. The maximum Gasteiger partial charge on any atom is 0.116 e. The van der Waals surface area contributed by atoms with Crippen LogP contribution in [0.4, 0.5) is 0 Å². The zero-order valence-electron chi connectivity index (χ0n) is 8.72. The normalized spacial score (nSPS) is 10.2. The van der Waals surface area contributed by atoms with E-state index in [1.807, 2.05) is 30.3 Å². The molecule has 3 aromatic rings. The molecule has 74 valence electrons. The third-order valence-corrected chi connectivity index (χ3v) is 2.58. The quantitative estimate of drug-likeness (QED) is 0.498. The zero-order chi connectivity index (χ0) is 10.3. The van der Waals surface area contributed by atoms with Crippen molar-refractivity contribution >= 4 is 21.7 Å². The van der Waals surface area contributed by atoms with Gasteiger partial charge in [0.05, 0.1) is 5.52 Å². The maximum absolute atomic E-state index is 9.39. The largest absolute Gasteiger partial charge is 0.508 e. The zero-order valence-corrected chi connectivity index (χ0v) is 11.7. The van der Waals surface area contributed by atoms with Gasteiger partial charge in [0, 0.05) is 31.1 Å². The molecule has 3 heteroatoms. The van der Waals surface area contributed by atoms with Gasteiger partial charge < -0.3 is 5.11 Å². The fourth-order valence-electron chi connectivity index (χ4n) is 1.88. The van der Waals surface area contributed by atoms with Gasteiger partial charge in [-0.25, -0.2) is 0 Å². The van der Waals surface area contributed by atoms with Crippen LogP contribution in [0.5, 0.6) is 5.75 Å². The summed E-state index contributed by atoms with van der Waals surface area (Å²) in [5, 5.41) is 12.7. The minimum atomic E-state index is 0. The molecule has 1 aromatic heterocycles. The SMILES string of the molecule is Oc1ccc2c(ccc3ncccc32)c1.[Zn]. The van der Waals surface area contributed by atoms with Gasteiger partial charge in [0.2, 0.25) is 0 Å². The smallest absolute Gasteiger partial charge is 0.116 e. The molecule has 0 unspecified atom stereocenters. The summed E-state index contributed by atoms with van der Waals surface area (Å²) in [6, 6.07) is 13.3. The molecular weight excluding hydrogens is 252 g/mol. The van der Waals surface area contributed by atoms with Gasteiger partial charge in [-0.2, -0.15) is 0 Å². The minimum Gasteiger partial charge on any atom is -0.508 e.